The lowest BCUT2D eigenvalue weighted by atomic mass is 10.1. The Morgan fingerprint density at radius 2 is 1.65 bits per heavy atom. The molecule has 0 spiro atoms. The van der Waals surface area contributed by atoms with E-state index in [0.717, 1.165) is 11.4 Å². The molecule has 1 fully saturated rings. The number of esters is 1. The lowest BCUT2D eigenvalue weighted by Crippen LogP contribution is -2.49. The largest absolute Gasteiger partial charge is 0.454 e. The Morgan fingerprint density at radius 3 is 2.38 bits per heavy atom. The number of Topliss-reactive ketones (excluding diaryl/α,β-unsaturated/α-hetero) is 1. The first-order chi connectivity index (χ1) is 19.1. The van der Waals surface area contributed by atoms with Gasteiger partial charge in [-0.1, -0.05) is 6.07 Å². The molecule has 2 aliphatic heterocycles. The van der Waals surface area contributed by atoms with Gasteiger partial charge in [0, 0.05) is 61.8 Å². The maximum absolute atomic E-state index is 13.1. The molecular formula is C28H29N3O8S. The van der Waals surface area contributed by atoms with Crippen LogP contribution in [0, 0.1) is 13.8 Å². The van der Waals surface area contributed by atoms with E-state index in [0.29, 0.717) is 35.8 Å². The molecule has 0 N–H and O–H groups in total. The third-order valence-corrected chi connectivity index (χ3v) is 8.97. The number of amides is 1. The van der Waals surface area contributed by atoms with E-state index < -0.39 is 22.6 Å². The molecule has 210 valence electrons. The molecule has 0 atom stereocenters. The van der Waals surface area contributed by atoms with E-state index in [4.69, 9.17) is 14.2 Å². The number of sulfonamides is 1. The Bertz CT molecular complexity index is 1600. The van der Waals surface area contributed by atoms with Crippen LogP contribution < -0.4 is 9.47 Å². The van der Waals surface area contributed by atoms with Gasteiger partial charge in [-0.15, -0.1) is 0 Å². The van der Waals surface area contributed by atoms with Crippen LogP contribution in [0.3, 0.4) is 0 Å². The summed E-state index contributed by atoms with van der Waals surface area (Å²) in [4.78, 5) is 38.9. The molecule has 40 heavy (non-hydrogen) atoms. The van der Waals surface area contributed by atoms with Crippen molar-refractivity contribution in [2.24, 2.45) is 0 Å². The number of hydrogen-bond acceptors (Lipinski definition) is 8. The third-order valence-electron chi connectivity index (χ3n) is 7.07. The summed E-state index contributed by atoms with van der Waals surface area (Å²) in [6.45, 7) is 5.69. The highest BCUT2D eigenvalue weighted by molar-refractivity contribution is 7.89. The van der Waals surface area contributed by atoms with Gasteiger partial charge in [-0.25, -0.2) is 13.2 Å². The smallest absolute Gasteiger partial charge is 0.338 e. The van der Waals surface area contributed by atoms with Crippen molar-refractivity contribution in [2.75, 3.05) is 39.6 Å². The van der Waals surface area contributed by atoms with Crippen LogP contribution in [0.5, 0.6) is 11.5 Å². The van der Waals surface area contributed by atoms with Crippen molar-refractivity contribution in [1.82, 2.24) is 13.8 Å². The Morgan fingerprint density at radius 1 is 0.925 bits per heavy atom. The quantitative estimate of drug-likeness (QED) is 0.315. The predicted octanol–water partition coefficient (Wildman–Crippen LogP) is 2.72. The normalized spacial score (nSPS) is 15.2. The number of carbonyl (C=O) groups is 3. The highest BCUT2D eigenvalue weighted by atomic mass is 32.2. The zero-order valence-electron chi connectivity index (χ0n) is 22.4. The van der Waals surface area contributed by atoms with Crippen molar-refractivity contribution < 1.29 is 37.0 Å². The molecule has 11 nitrogen and oxygen atoms in total. The fraction of sp³-hybridized carbons (Fsp3) is 0.321. The molecule has 1 amide bonds. The topological polar surface area (TPSA) is 124 Å². The van der Waals surface area contributed by atoms with E-state index in [1.807, 2.05) is 23.6 Å². The first kappa shape index (κ1) is 27.4. The van der Waals surface area contributed by atoms with Gasteiger partial charge in [-0.05, 0) is 50.2 Å². The van der Waals surface area contributed by atoms with Gasteiger partial charge in [0.2, 0.25) is 28.5 Å². The molecule has 2 aromatic carbocycles. The van der Waals surface area contributed by atoms with E-state index in [-0.39, 0.29) is 42.0 Å². The summed E-state index contributed by atoms with van der Waals surface area (Å²) in [5, 5.41) is 0. The minimum absolute atomic E-state index is 0.0158. The molecule has 0 radical (unpaired) electrons. The maximum atomic E-state index is 13.1. The second-order valence-electron chi connectivity index (χ2n) is 9.60. The first-order valence-corrected chi connectivity index (χ1v) is 14.2. The summed E-state index contributed by atoms with van der Waals surface area (Å²) in [5.74, 6) is -0.0284. The fourth-order valence-electron chi connectivity index (χ4n) is 4.93. The molecule has 12 heteroatoms. The Balaban J connectivity index is 1.26. The number of carbonyl (C=O) groups excluding carboxylic acids is 3. The molecule has 2 aliphatic rings. The summed E-state index contributed by atoms with van der Waals surface area (Å²) in [5.41, 5.74) is 2.71. The molecule has 0 aliphatic carbocycles. The number of hydrogen-bond donors (Lipinski definition) is 0. The lowest BCUT2D eigenvalue weighted by Gasteiger charge is -2.33. The van der Waals surface area contributed by atoms with Gasteiger partial charge in [0.1, 0.15) is 0 Å². The average Bonchev–Trinajstić information content (AvgIpc) is 3.54. The fourth-order valence-corrected chi connectivity index (χ4v) is 6.40. The van der Waals surface area contributed by atoms with Crippen LogP contribution in [0.4, 0.5) is 0 Å². The number of piperazine rings is 1. The maximum Gasteiger partial charge on any atom is 0.338 e. The number of benzene rings is 2. The molecular weight excluding hydrogens is 538 g/mol. The first-order valence-electron chi connectivity index (χ1n) is 12.7. The number of fused-ring (bicyclic) bond motifs is 1. The van der Waals surface area contributed by atoms with Gasteiger partial charge in [0.05, 0.1) is 10.5 Å². The van der Waals surface area contributed by atoms with Gasteiger partial charge >= 0.3 is 5.97 Å². The van der Waals surface area contributed by atoms with Crippen molar-refractivity contribution in [3.63, 3.8) is 0 Å². The highest BCUT2D eigenvalue weighted by Crippen LogP contribution is 2.35. The minimum atomic E-state index is -3.88. The van der Waals surface area contributed by atoms with E-state index in [9.17, 15) is 22.8 Å². The number of aromatic nitrogens is 1. The summed E-state index contributed by atoms with van der Waals surface area (Å²) < 4.78 is 45.6. The molecule has 3 aromatic rings. The van der Waals surface area contributed by atoms with Crippen LogP contribution in [-0.4, -0.2) is 79.4 Å². The summed E-state index contributed by atoms with van der Waals surface area (Å²) >= 11 is 0. The molecule has 3 heterocycles. The summed E-state index contributed by atoms with van der Waals surface area (Å²) in [6.07, 6.45) is 0. The zero-order valence-corrected chi connectivity index (χ0v) is 23.2. The molecule has 1 saturated heterocycles. The van der Waals surface area contributed by atoms with Crippen molar-refractivity contribution in [1.29, 1.82) is 0 Å². The summed E-state index contributed by atoms with van der Waals surface area (Å²) in [7, 11) is -3.88. The molecule has 0 bridgehead atoms. The Hall–Kier alpha value is -4.16. The highest BCUT2D eigenvalue weighted by Gasteiger charge is 2.30. The van der Waals surface area contributed by atoms with E-state index in [1.54, 1.807) is 24.0 Å². The number of ketones is 1. The molecule has 0 unspecified atom stereocenters. The standard InChI is InChI=1S/C28H29N3O8S/c1-18-13-24(19(2)31(18)22-7-8-26-27(15-22)39-17-38-26)25(33)16-37-28(34)21-5-4-6-23(14-21)40(35,36)30-11-9-29(10-12-30)20(3)32/h4-8,13-15H,9-12,16-17H2,1-3H3. The second-order valence-corrected chi connectivity index (χ2v) is 11.5. The van der Waals surface area contributed by atoms with Crippen LogP contribution in [-0.2, 0) is 19.6 Å². The number of aryl methyl sites for hydroxylation is 1. The van der Waals surface area contributed by atoms with Crippen LogP contribution in [0.15, 0.2) is 53.4 Å². The van der Waals surface area contributed by atoms with Crippen molar-refractivity contribution in [3.8, 4) is 17.2 Å². The molecule has 5 rings (SSSR count). The van der Waals surface area contributed by atoms with E-state index >= 15 is 0 Å². The van der Waals surface area contributed by atoms with Gasteiger partial charge in [-0.3, -0.25) is 9.59 Å². The van der Waals surface area contributed by atoms with E-state index in [1.165, 1.54) is 35.5 Å². The number of rotatable bonds is 7. The number of ether oxygens (including phenoxy) is 3. The van der Waals surface area contributed by atoms with Crippen LogP contribution >= 0.6 is 0 Å². The van der Waals surface area contributed by atoms with Crippen molar-refractivity contribution in [3.05, 3.63) is 71.0 Å². The predicted molar refractivity (Wildman–Crippen MR) is 143 cm³/mol. The third kappa shape index (κ3) is 5.19. The van der Waals surface area contributed by atoms with Crippen LogP contribution in [0.1, 0.15) is 39.0 Å². The van der Waals surface area contributed by atoms with Crippen LogP contribution in [0.25, 0.3) is 5.69 Å². The second kappa shape index (κ2) is 10.8. The van der Waals surface area contributed by atoms with E-state index in [2.05, 4.69) is 0 Å². The SMILES string of the molecule is CC(=O)N1CCN(S(=O)(=O)c2cccc(C(=O)OCC(=O)c3cc(C)n(-c4ccc5c(c4)OCO5)c3C)c2)CC1. The molecule has 0 saturated carbocycles. The average molecular weight is 568 g/mol. The Labute approximate surface area is 231 Å². The van der Waals surface area contributed by atoms with Crippen molar-refractivity contribution in [2.45, 2.75) is 25.7 Å². The van der Waals surface area contributed by atoms with Gasteiger partial charge < -0.3 is 23.7 Å². The zero-order chi connectivity index (χ0) is 28.6. The van der Waals surface area contributed by atoms with Gasteiger partial charge in [0.25, 0.3) is 0 Å². The van der Waals surface area contributed by atoms with Gasteiger partial charge in [-0.2, -0.15) is 4.31 Å². The van der Waals surface area contributed by atoms with Gasteiger partial charge in [0.15, 0.2) is 18.1 Å². The number of nitrogens with zero attached hydrogens (tertiary/aromatic N) is 3. The minimum Gasteiger partial charge on any atom is -0.454 e. The lowest BCUT2D eigenvalue weighted by molar-refractivity contribution is -0.129. The monoisotopic (exact) mass is 567 g/mol. The molecule has 1 aromatic heterocycles. The van der Waals surface area contributed by atoms with Crippen molar-refractivity contribution >= 4 is 27.7 Å². The van der Waals surface area contributed by atoms with Crippen LogP contribution in [0.2, 0.25) is 0 Å². The Kier molecular flexibility index (Phi) is 7.39. The summed E-state index contributed by atoms with van der Waals surface area (Å²) in [6, 6.07) is 12.8.